The summed E-state index contributed by atoms with van der Waals surface area (Å²) >= 11 is 14.1. The van der Waals surface area contributed by atoms with Gasteiger partial charge < -0.3 is 19.5 Å². The quantitative estimate of drug-likeness (QED) is 0.443. The molecule has 1 aromatic heterocycles. The lowest BCUT2D eigenvalue weighted by molar-refractivity contribution is -0.0430. The van der Waals surface area contributed by atoms with Crippen molar-refractivity contribution in [3.63, 3.8) is 0 Å². The molecule has 0 spiro atoms. The lowest BCUT2D eigenvalue weighted by atomic mass is 10.2. The molecule has 0 bridgehead atoms. The molecule has 5 nitrogen and oxygen atoms in total. The Morgan fingerprint density at radius 2 is 1.86 bits per heavy atom. The first-order valence-electron chi connectivity index (χ1n) is 6.08. The summed E-state index contributed by atoms with van der Waals surface area (Å²) in [5.74, 6) is 0. The van der Waals surface area contributed by atoms with Crippen LogP contribution in [0.4, 0.5) is 0 Å². The molecule has 3 unspecified atom stereocenters. The van der Waals surface area contributed by atoms with Gasteiger partial charge in [0.2, 0.25) is 0 Å². The number of imidazole rings is 1. The van der Waals surface area contributed by atoms with E-state index in [0.717, 1.165) is 28.9 Å². The summed E-state index contributed by atoms with van der Waals surface area (Å²) in [6, 6.07) is 0. The van der Waals surface area contributed by atoms with Crippen molar-refractivity contribution in [3.05, 3.63) is 24.2 Å². The summed E-state index contributed by atoms with van der Waals surface area (Å²) in [5.41, 5.74) is 1.63. The van der Waals surface area contributed by atoms with Gasteiger partial charge in [-0.2, -0.15) is 0 Å². The largest absolute Gasteiger partial charge is 0.394 e. The van der Waals surface area contributed by atoms with Crippen molar-refractivity contribution in [1.29, 1.82) is 0 Å². The Morgan fingerprint density at radius 3 is 2.48 bits per heavy atom. The van der Waals surface area contributed by atoms with Crippen LogP contribution in [0.3, 0.4) is 0 Å². The van der Waals surface area contributed by atoms with E-state index in [-0.39, 0.29) is 12.8 Å². The third kappa shape index (κ3) is 2.64. The summed E-state index contributed by atoms with van der Waals surface area (Å²) in [6.07, 6.45) is 0.482. The Labute approximate surface area is 154 Å². The molecule has 0 aliphatic carbocycles. The van der Waals surface area contributed by atoms with Gasteiger partial charge in [0.1, 0.15) is 17.8 Å². The molecule has 3 rings (SSSR count). The van der Waals surface area contributed by atoms with Gasteiger partial charge in [0.05, 0.1) is 33.5 Å². The van der Waals surface area contributed by atoms with Gasteiger partial charge in [-0.25, -0.2) is 4.98 Å². The molecule has 9 heteroatoms. The number of aliphatic hydroxyl groups excluding tert-OH is 2. The van der Waals surface area contributed by atoms with Gasteiger partial charge in [0.15, 0.2) is 0 Å². The van der Waals surface area contributed by atoms with Crippen LogP contribution in [0.15, 0.2) is 24.2 Å². The first kappa shape index (κ1) is 16.4. The fourth-order valence-electron chi connectivity index (χ4n) is 2.41. The van der Waals surface area contributed by atoms with Crippen LogP contribution < -0.4 is 0 Å². The molecule has 1 aliphatic heterocycles. The molecule has 1 fully saturated rings. The second-order valence-corrected chi connectivity index (χ2v) is 7.89. The molecule has 1 saturated heterocycles. The van der Waals surface area contributed by atoms with Crippen LogP contribution in [0, 0.1) is 0 Å². The molecular weight excluding hydrogens is 540 g/mol. The van der Waals surface area contributed by atoms with Crippen molar-refractivity contribution in [1.82, 2.24) is 9.55 Å². The average Bonchev–Trinajstić information content (AvgIpc) is 3.06. The van der Waals surface area contributed by atoms with Crippen LogP contribution in [0.1, 0.15) is 12.6 Å². The Bertz CT molecular complexity index is 706. The minimum atomic E-state index is -0.682. The van der Waals surface area contributed by atoms with Crippen LogP contribution >= 0.6 is 63.7 Å². The summed E-state index contributed by atoms with van der Waals surface area (Å²) in [5, 5.41) is 19.1. The van der Waals surface area contributed by atoms with Crippen LogP contribution in [0.5, 0.6) is 0 Å². The van der Waals surface area contributed by atoms with E-state index in [1.54, 1.807) is 6.33 Å². The van der Waals surface area contributed by atoms with E-state index in [9.17, 15) is 10.2 Å². The SMILES string of the molecule is OCC1OC(n2cnc3c(Br)c(Br)c(Br)c(Br)c32)CC1O. The van der Waals surface area contributed by atoms with Crippen LogP contribution in [-0.4, -0.2) is 38.6 Å². The second-order valence-electron chi connectivity index (χ2n) is 4.72. The van der Waals surface area contributed by atoms with Crippen molar-refractivity contribution in [3.8, 4) is 0 Å². The number of benzene rings is 1. The number of ether oxygens (including phenoxy) is 1. The fourth-order valence-corrected chi connectivity index (χ4v) is 4.79. The molecule has 3 atom stereocenters. The van der Waals surface area contributed by atoms with Crippen LogP contribution in [-0.2, 0) is 4.74 Å². The molecule has 2 N–H and O–H groups in total. The van der Waals surface area contributed by atoms with E-state index < -0.39 is 12.2 Å². The molecule has 0 saturated carbocycles. The van der Waals surface area contributed by atoms with Crippen molar-refractivity contribution in [2.75, 3.05) is 6.61 Å². The first-order valence-corrected chi connectivity index (χ1v) is 9.25. The predicted octanol–water partition coefficient (Wildman–Crippen LogP) is 3.73. The minimum absolute atomic E-state index is 0.204. The molecular formula is C12H10Br4N2O3. The molecule has 2 heterocycles. The normalized spacial score (nSPS) is 25.9. The number of aliphatic hydroxyl groups is 2. The number of halogens is 4. The molecule has 2 aromatic rings. The van der Waals surface area contributed by atoms with Crippen molar-refractivity contribution < 1.29 is 14.9 Å². The molecule has 0 radical (unpaired) electrons. The standard InChI is InChI=1S/C12H10Br4N2O3/c13-7-8(14)10(16)12-11(9(7)15)17-3-18(12)6-1-4(20)5(2-19)21-6/h3-6,19-20H,1-2H2. The van der Waals surface area contributed by atoms with E-state index in [0.29, 0.717) is 6.42 Å². The Kier molecular flexibility index (Phi) is 4.81. The Balaban J connectivity index is 2.13. The Hall–Kier alpha value is 0.490. The zero-order valence-corrected chi connectivity index (χ0v) is 16.8. The zero-order valence-electron chi connectivity index (χ0n) is 10.4. The van der Waals surface area contributed by atoms with Crippen LogP contribution in [0.25, 0.3) is 11.0 Å². The average molecular weight is 550 g/mol. The summed E-state index contributed by atoms with van der Waals surface area (Å²) in [6.45, 7) is -0.204. The predicted molar refractivity (Wildman–Crippen MR) is 92.2 cm³/mol. The smallest absolute Gasteiger partial charge is 0.138 e. The van der Waals surface area contributed by atoms with Gasteiger partial charge in [-0.05, 0) is 63.7 Å². The number of hydrogen-bond acceptors (Lipinski definition) is 4. The fraction of sp³-hybridized carbons (Fsp3) is 0.417. The van der Waals surface area contributed by atoms with Crippen molar-refractivity contribution in [2.45, 2.75) is 24.9 Å². The van der Waals surface area contributed by atoms with Crippen molar-refractivity contribution in [2.24, 2.45) is 0 Å². The first-order chi connectivity index (χ1) is 9.95. The summed E-state index contributed by atoms with van der Waals surface area (Å²) in [7, 11) is 0. The van der Waals surface area contributed by atoms with Crippen LogP contribution in [0.2, 0.25) is 0 Å². The number of nitrogens with zero attached hydrogens (tertiary/aromatic N) is 2. The van der Waals surface area contributed by atoms with E-state index >= 15 is 0 Å². The lowest BCUT2D eigenvalue weighted by Crippen LogP contribution is -2.24. The third-order valence-electron chi connectivity index (χ3n) is 3.48. The van der Waals surface area contributed by atoms with Gasteiger partial charge >= 0.3 is 0 Å². The van der Waals surface area contributed by atoms with Gasteiger partial charge in [0.25, 0.3) is 0 Å². The van der Waals surface area contributed by atoms with E-state index in [1.807, 2.05) is 4.57 Å². The highest BCUT2D eigenvalue weighted by Gasteiger charge is 2.35. The van der Waals surface area contributed by atoms with Gasteiger partial charge in [-0.3, -0.25) is 0 Å². The maximum Gasteiger partial charge on any atom is 0.138 e. The molecule has 1 aromatic carbocycles. The van der Waals surface area contributed by atoms with Crippen molar-refractivity contribution >= 4 is 74.8 Å². The van der Waals surface area contributed by atoms with Gasteiger partial charge in [-0.1, -0.05) is 0 Å². The molecule has 1 aliphatic rings. The van der Waals surface area contributed by atoms with E-state index in [4.69, 9.17) is 4.74 Å². The summed E-state index contributed by atoms with van der Waals surface area (Å²) < 4.78 is 11.0. The highest BCUT2D eigenvalue weighted by atomic mass is 79.9. The van der Waals surface area contributed by atoms with E-state index in [2.05, 4.69) is 68.7 Å². The monoisotopic (exact) mass is 546 g/mol. The van der Waals surface area contributed by atoms with E-state index in [1.165, 1.54) is 0 Å². The zero-order chi connectivity index (χ0) is 15.3. The number of hydrogen-bond donors (Lipinski definition) is 2. The lowest BCUT2D eigenvalue weighted by Gasteiger charge is -2.16. The highest BCUT2D eigenvalue weighted by Crippen LogP contribution is 2.44. The molecule has 21 heavy (non-hydrogen) atoms. The number of aromatic nitrogens is 2. The van der Waals surface area contributed by atoms with Gasteiger partial charge in [-0.15, -0.1) is 0 Å². The molecule has 114 valence electrons. The molecule has 0 amide bonds. The second kappa shape index (κ2) is 6.18. The number of fused-ring (bicyclic) bond motifs is 1. The minimum Gasteiger partial charge on any atom is -0.394 e. The highest BCUT2D eigenvalue weighted by molar-refractivity contribution is 9.15. The topological polar surface area (TPSA) is 67.5 Å². The number of rotatable bonds is 2. The Morgan fingerprint density at radius 1 is 1.19 bits per heavy atom. The summed E-state index contributed by atoms with van der Waals surface area (Å²) in [4.78, 5) is 4.41. The van der Waals surface area contributed by atoms with Gasteiger partial charge in [0, 0.05) is 15.4 Å². The maximum absolute atomic E-state index is 9.90. The maximum atomic E-state index is 9.90. The third-order valence-corrected chi connectivity index (χ3v) is 8.21.